The quantitative estimate of drug-likeness (QED) is 0.0460. The minimum absolute atomic E-state index is 0.130. The van der Waals surface area contributed by atoms with Gasteiger partial charge in [0, 0.05) is 33.3 Å². The Kier molecular flexibility index (Phi) is 16.4. The Morgan fingerprint density at radius 2 is 1.37 bits per heavy atom. The molecular weight excluding hydrogens is 919 g/mol. The van der Waals surface area contributed by atoms with E-state index in [-0.39, 0.29) is 18.6 Å². The van der Waals surface area contributed by atoms with E-state index in [9.17, 15) is 19.2 Å². The first-order valence-electron chi connectivity index (χ1n) is 19.5. The third-order valence-corrected chi connectivity index (χ3v) is 10.1. The summed E-state index contributed by atoms with van der Waals surface area (Å²) in [5.41, 5.74) is 7.69. The van der Waals surface area contributed by atoms with Crippen LogP contribution in [0.15, 0.2) is 93.6 Å². The second kappa shape index (κ2) is 21.7. The van der Waals surface area contributed by atoms with Crippen LogP contribution in [0.2, 0.25) is 10.0 Å². The standard InChI is InChI=1S/C20H19ClN4O4.C15H17BrN2O3.C9H9ClN2O/c1-2-29-16-8-7-12(19(22)18(16)21)9-23-10-15-13-5-3-4-6-14(13)20(28)25(24-15)11-17(26)27;1-15(2,3)21-13(19)9-18-14(20)11-7-5-4-6-10(11)12(8-16)17-18;1-2-13-7-4-3-6-5-11-12-9(6)8(7)10/h3-9H,2,10-11,22H2,1H3,(H,26,27);4-7H,8-9H2,1-3H3;3-5H,2H2,1H3,(H,11,12). The van der Waals surface area contributed by atoms with Crippen LogP contribution in [0.5, 0.6) is 11.5 Å². The number of nitrogen functional groups attached to an aromatic ring is 1. The molecular formula is C44H45BrCl2N8O8. The molecule has 63 heavy (non-hydrogen) atoms. The minimum Gasteiger partial charge on any atom is -0.492 e. The summed E-state index contributed by atoms with van der Waals surface area (Å²) in [5.74, 6) is -0.438. The molecule has 4 aromatic carbocycles. The van der Waals surface area contributed by atoms with Crippen LogP contribution in [0, 0.1) is 0 Å². The number of carboxylic acid groups (broad SMARTS) is 1. The maximum absolute atomic E-state index is 12.4. The molecule has 0 radical (unpaired) electrons. The van der Waals surface area contributed by atoms with E-state index >= 15 is 0 Å². The lowest BCUT2D eigenvalue weighted by atomic mass is 10.1. The van der Waals surface area contributed by atoms with Crippen molar-refractivity contribution in [1.82, 2.24) is 29.8 Å². The fraction of sp³-hybridized carbons (Fsp3) is 0.273. The maximum atomic E-state index is 12.4. The van der Waals surface area contributed by atoms with Gasteiger partial charge in [0.1, 0.15) is 40.2 Å². The molecule has 19 heteroatoms. The highest BCUT2D eigenvalue weighted by atomic mass is 79.9. The number of halogens is 3. The summed E-state index contributed by atoms with van der Waals surface area (Å²) in [6.07, 6.45) is 3.29. The number of anilines is 1. The number of hydrogen-bond donors (Lipinski definition) is 3. The van der Waals surface area contributed by atoms with E-state index in [1.54, 1.807) is 81.7 Å². The van der Waals surface area contributed by atoms with Crippen LogP contribution in [0.3, 0.4) is 0 Å². The van der Waals surface area contributed by atoms with Gasteiger partial charge in [0.2, 0.25) is 0 Å². The van der Waals surface area contributed by atoms with Gasteiger partial charge in [-0.15, -0.1) is 0 Å². The second-order valence-corrected chi connectivity index (χ2v) is 15.8. The van der Waals surface area contributed by atoms with Gasteiger partial charge >= 0.3 is 11.9 Å². The molecule has 0 amide bonds. The average molecular weight is 965 g/mol. The van der Waals surface area contributed by atoms with Gasteiger partial charge < -0.3 is 25.1 Å². The molecule has 3 heterocycles. The van der Waals surface area contributed by atoms with Gasteiger partial charge in [0.15, 0.2) is 0 Å². The molecule has 0 aliphatic rings. The molecule has 0 aliphatic heterocycles. The number of ether oxygens (including phenoxy) is 3. The number of hydrogen-bond acceptors (Lipinski definition) is 12. The molecule has 4 N–H and O–H groups in total. The van der Waals surface area contributed by atoms with Crippen LogP contribution in [-0.2, 0) is 39.3 Å². The number of nitrogens with zero attached hydrogens (tertiary/aromatic N) is 6. The van der Waals surface area contributed by atoms with Crippen LogP contribution >= 0.6 is 39.1 Å². The number of fused-ring (bicyclic) bond motifs is 3. The van der Waals surface area contributed by atoms with Crippen molar-refractivity contribution < 1.29 is 28.9 Å². The average Bonchev–Trinajstić information content (AvgIpc) is 3.74. The van der Waals surface area contributed by atoms with Gasteiger partial charge in [0.25, 0.3) is 11.1 Å². The maximum Gasteiger partial charge on any atom is 0.328 e. The molecule has 330 valence electrons. The summed E-state index contributed by atoms with van der Waals surface area (Å²) in [7, 11) is 0. The van der Waals surface area contributed by atoms with Crippen molar-refractivity contribution >= 4 is 95.4 Å². The zero-order valence-corrected chi connectivity index (χ0v) is 38.1. The zero-order valence-electron chi connectivity index (χ0n) is 35.0. The number of benzene rings is 4. The highest BCUT2D eigenvalue weighted by Crippen LogP contribution is 2.33. The molecule has 16 nitrogen and oxygen atoms in total. The van der Waals surface area contributed by atoms with Crippen LogP contribution in [0.1, 0.15) is 51.6 Å². The lowest BCUT2D eigenvalue weighted by Gasteiger charge is -2.19. The Labute approximate surface area is 379 Å². The van der Waals surface area contributed by atoms with E-state index < -0.39 is 29.6 Å². The summed E-state index contributed by atoms with van der Waals surface area (Å²) in [6.45, 7) is 9.61. The van der Waals surface area contributed by atoms with Crippen molar-refractivity contribution in [3.8, 4) is 11.5 Å². The van der Waals surface area contributed by atoms with E-state index in [1.165, 1.54) is 0 Å². The van der Waals surface area contributed by atoms with Crippen molar-refractivity contribution in [2.45, 2.75) is 65.2 Å². The molecule has 0 spiro atoms. The summed E-state index contributed by atoms with van der Waals surface area (Å²) in [5, 5.41) is 28.9. The number of nitrogens with two attached hydrogens (primary N) is 1. The van der Waals surface area contributed by atoms with E-state index in [2.05, 4.69) is 41.3 Å². The number of esters is 1. The summed E-state index contributed by atoms with van der Waals surface area (Å²) in [6, 6.07) is 21.3. The number of carbonyl (C=O) groups excluding carboxylic acids is 1. The van der Waals surface area contributed by atoms with Gasteiger partial charge in [-0.05, 0) is 71.0 Å². The van der Waals surface area contributed by atoms with Crippen LogP contribution in [0.4, 0.5) is 5.69 Å². The predicted octanol–water partition coefficient (Wildman–Crippen LogP) is 7.98. The number of alkyl halides is 1. The molecule has 0 bridgehead atoms. The lowest BCUT2D eigenvalue weighted by molar-refractivity contribution is -0.155. The van der Waals surface area contributed by atoms with E-state index in [0.717, 1.165) is 25.7 Å². The number of carbonyl (C=O) groups is 2. The fourth-order valence-electron chi connectivity index (χ4n) is 6.09. The lowest BCUT2D eigenvalue weighted by Crippen LogP contribution is -2.32. The minimum atomic E-state index is -1.15. The Morgan fingerprint density at radius 3 is 1.94 bits per heavy atom. The molecule has 0 saturated carbocycles. The monoisotopic (exact) mass is 962 g/mol. The molecule has 0 saturated heterocycles. The van der Waals surface area contributed by atoms with Crippen molar-refractivity contribution in [3.63, 3.8) is 0 Å². The predicted molar refractivity (Wildman–Crippen MR) is 249 cm³/mol. The molecule has 0 fully saturated rings. The molecule has 7 rings (SSSR count). The van der Waals surface area contributed by atoms with E-state index in [4.69, 9.17) is 48.3 Å². The second-order valence-electron chi connectivity index (χ2n) is 14.5. The number of nitrogens with one attached hydrogen (secondary N) is 1. The molecule has 0 unspecified atom stereocenters. The van der Waals surface area contributed by atoms with Gasteiger partial charge in [-0.1, -0.05) is 75.5 Å². The summed E-state index contributed by atoms with van der Waals surface area (Å²) in [4.78, 5) is 52.1. The Morgan fingerprint density at radius 1 is 0.825 bits per heavy atom. The number of aromatic amines is 1. The largest absolute Gasteiger partial charge is 0.492 e. The Balaban J connectivity index is 0.000000192. The highest BCUT2D eigenvalue weighted by molar-refractivity contribution is 9.08. The number of aromatic nitrogens is 6. The van der Waals surface area contributed by atoms with Crippen molar-refractivity contribution in [1.29, 1.82) is 0 Å². The third kappa shape index (κ3) is 12.2. The van der Waals surface area contributed by atoms with Crippen LogP contribution in [0.25, 0.3) is 32.4 Å². The fourth-order valence-corrected chi connectivity index (χ4v) is 7.00. The normalized spacial score (nSPS) is 11.2. The van der Waals surface area contributed by atoms with Gasteiger partial charge in [-0.2, -0.15) is 15.3 Å². The number of H-pyrrole nitrogens is 1. The number of carboxylic acids is 1. The first kappa shape index (κ1) is 47.7. The molecule has 0 atom stereocenters. The number of aliphatic carboxylic acids is 1. The first-order valence-corrected chi connectivity index (χ1v) is 21.4. The van der Waals surface area contributed by atoms with Gasteiger partial charge in [-0.25, -0.2) is 9.36 Å². The van der Waals surface area contributed by atoms with E-state index in [1.807, 2.05) is 38.1 Å². The highest BCUT2D eigenvalue weighted by Gasteiger charge is 2.19. The van der Waals surface area contributed by atoms with Crippen molar-refractivity contribution in [2.75, 3.05) is 18.9 Å². The van der Waals surface area contributed by atoms with Crippen LogP contribution < -0.4 is 26.3 Å². The molecule has 7 aromatic rings. The molecule has 3 aromatic heterocycles. The van der Waals surface area contributed by atoms with Crippen molar-refractivity contribution in [2.24, 2.45) is 4.99 Å². The van der Waals surface area contributed by atoms with Gasteiger partial charge in [-0.3, -0.25) is 29.3 Å². The first-order chi connectivity index (χ1) is 30.1. The smallest absolute Gasteiger partial charge is 0.328 e. The SMILES string of the molecule is CC(C)(C)OC(=O)Cn1nc(CBr)c2ccccc2c1=O.CCOc1ccc(C=NCc2nn(CC(=O)O)c(=O)c3ccccc23)c(N)c1Cl.CCOc1ccc2cn[nH]c2c1Cl. The third-order valence-electron chi connectivity index (χ3n) is 8.77. The van der Waals surface area contributed by atoms with Crippen molar-refractivity contribution in [3.05, 3.63) is 127 Å². The summed E-state index contributed by atoms with van der Waals surface area (Å²) >= 11 is 15.6. The Hall–Kier alpha value is -6.30. The zero-order chi connectivity index (χ0) is 45.8. The molecule has 0 aliphatic carbocycles. The Bertz CT molecular complexity index is 2910. The topological polar surface area (TPSA) is 219 Å². The van der Waals surface area contributed by atoms with Crippen LogP contribution in [-0.4, -0.2) is 71.8 Å². The van der Waals surface area contributed by atoms with E-state index in [0.29, 0.717) is 78.9 Å². The summed E-state index contributed by atoms with van der Waals surface area (Å²) < 4.78 is 18.1. The number of rotatable bonds is 12. The number of aliphatic imine (C=N–C) groups is 1. The van der Waals surface area contributed by atoms with Gasteiger partial charge in [0.05, 0.1) is 59.3 Å².